The van der Waals surface area contributed by atoms with Crippen LogP contribution in [0.15, 0.2) is 36.4 Å². The molecule has 1 N–H and O–H groups in total. The van der Waals surface area contributed by atoms with E-state index in [-0.39, 0.29) is 12.5 Å². The van der Waals surface area contributed by atoms with E-state index in [0.717, 1.165) is 29.1 Å². The average Bonchev–Trinajstić information content (AvgIpc) is 3.27. The van der Waals surface area contributed by atoms with Crippen molar-refractivity contribution in [2.45, 2.75) is 52.9 Å². The van der Waals surface area contributed by atoms with Gasteiger partial charge in [-0.2, -0.15) is 10.2 Å². The van der Waals surface area contributed by atoms with E-state index in [1.54, 1.807) is 0 Å². The molecule has 7 nitrogen and oxygen atoms in total. The van der Waals surface area contributed by atoms with E-state index in [0.29, 0.717) is 25.3 Å². The quantitative estimate of drug-likeness (QED) is 0.722. The third-order valence-corrected chi connectivity index (χ3v) is 5.73. The first-order valence-electron chi connectivity index (χ1n) is 10.1. The van der Waals surface area contributed by atoms with Gasteiger partial charge in [0.2, 0.25) is 5.91 Å². The van der Waals surface area contributed by atoms with Crippen LogP contribution < -0.4 is 0 Å². The zero-order chi connectivity index (χ0) is 20.5. The van der Waals surface area contributed by atoms with Crippen molar-refractivity contribution >= 4 is 5.91 Å². The summed E-state index contributed by atoms with van der Waals surface area (Å²) in [5.74, 6) is 0.0517. The van der Waals surface area contributed by atoms with Crippen LogP contribution in [0.3, 0.4) is 0 Å². The van der Waals surface area contributed by atoms with E-state index in [1.807, 2.05) is 64.5 Å². The number of nitrogens with zero attached hydrogens (tertiary/aromatic N) is 5. The zero-order valence-electron chi connectivity index (χ0n) is 17.2. The second-order valence-corrected chi connectivity index (χ2v) is 7.57. The van der Waals surface area contributed by atoms with Crippen molar-refractivity contribution in [3.8, 4) is 0 Å². The van der Waals surface area contributed by atoms with Gasteiger partial charge in [-0.1, -0.05) is 37.3 Å². The molecule has 29 heavy (non-hydrogen) atoms. The molecule has 2 aromatic heterocycles. The monoisotopic (exact) mass is 393 g/mol. The van der Waals surface area contributed by atoms with E-state index in [1.165, 1.54) is 5.56 Å². The highest BCUT2D eigenvalue weighted by atomic mass is 16.3. The molecular weight excluding hydrogens is 366 g/mol. The van der Waals surface area contributed by atoms with Gasteiger partial charge in [0.05, 0.1) is 30.2 Å². The number of aliphatic hydroxyl groups excluding tert-OH is 1. The van der Waals surface area contributed by atoms with E-state index in [9.17, 15) is 9.90 Å². The van der Waals surface area contributed by atoms with Crippen LogP contribution >= 0.6 is 0 Å². The van der Waals surface area contributed by atoms with Crippen molar-refractivity contribution in [3.63, 3.8) is 0 Å². The lowest BCUT2D eigenvalue weighted by Gasteiger charge is -2.27. The van der Waals surface area contributed by atoms with Gasteiger partial charge in [-0.05, 0) is 37.5 Å². The van der Waals surface area contributed by atoms with Crippen molar-refractivity contribution < 1.29 is 9.90 Å². The maximum absolute atomic E-state index is 12.9. The van der Waals surface area contributed by atoms with Gasteiger partial charge in [0, 0.05) is 12.2 Å². The Kier molecular flexibility index (Phi) is 5.24. The molecule has 1 aliphatic rings. The normalized spacial score (nSPS) is 14.7. The predicted molar refractivity (Wildman–Crippen MR) is 109 cm³/mol. The average molecular weight is 393 g/mol. The number of aliphatic hydroxyl groups is 1. The summed E-state index contributed by atoms with van der Waals surface area (Å²) in [4.78, 5) is 14.7. The van der Waals surface area contributed by atoms with Crippen LogP contribution in [-0.4, -0.2) is 42.0 Å². The summed E-state index contributed by atoms with van der Waals surface area (Å²) in [5, 5.41) is 19.7. The number of aryl methyl sites for hydroxylation is 1. The van der Waals surface area contributed by atoms with E-state index in [2.05, 4.69) is 17.1 Å². The van der Waals surface area contributed by atoms with Crippen molar-refractivity contribution in [2.75, 3.05) is 6.54 Å². The fraction of sp³-hybridized carbons (Fsp3) is 0.409. The topological polar surface area (TPSA) is 76.2 Å². The zero-order valence-corrected chi connectivity index (χ0v) is 17.2. The number of benzene rings is 1. The Morgan fingerprint density at radius 3 is 2.62 bits per heavy atom. The number of fused-ring (bicyclic) bond motifs is 1. The Morgan fingerprint density at radius 2 is 1.93 bits per heavy atom. The lowest BCUT2D eigenvalue weighted by molar-refractivity contribution is -0.133. The highest BCUT2D eigenvalue weighted by Gasteiger charge is 2.25. The lowest BCUT2D eigenvalue weighted by Crippen LogP contribution is -2.40. The molecule has 0 aliphatic carbocycles. The van der Waals surface area contributed by atoms with Crippen molar-refractivity contribution in [1.82, 2.24) is 24.5 Å². The summed E-state index contributed by atoms with van der Waals surface area (Å²) < 4.78 is 3.71. The van der Waals surface area contributed by atoms with Crippen LogP contribution in [0, 0.1) is 13.8 Å². The summed E-state index contributed by atoms with van der Waals surface area (Å²) >= 11 is 0. The van der Waals surface area contributed by atoms with E-state index >= 15 is 0 Å². The lowest BCUT2D eigenvalue weighted by atomic mass is 10.1. The van der Waals surface area contributed by atoms with Gasteiger partial charge in [0.1, 0.15) is 12.6 Å². The maximum Gasteiger partial charge on any atom is 0.244 e. The highest BCUT2D eigenvalue weighted by molar-refractivity contribution is 5.76. The number of aromatic nitrogens is 4. The maximum atomic E-state index is 12.9. The minimum Gasteiger partial charge on any atom is -0.382 e. The predicted octanol–water partition coefficient (Wildman–Crippen LogP) is 2.38. The molecule has 0 fully saturated rings. The van der Waals surface area contributed by atoms with Crippen LogP contribution in [-0.2, 0) is 30.8 Å². The third kappa shape index (κ3) is 3.70. The Morgan fingerprint density at radius 1 is 1.17 bits per heavy atom. The number of carbonyl (C=O) groups is 1. The molecule has 0 spiro atoms. The van der Waals surface area contributed by atoms with E-state index in [4.69, 9.17) is 0 Å². The van der Waals surface area contributed by atoms with Crippen LogP contribution in [0.25, 0.3) is 0 Å². The molecule has 0 saturated heterocycles. The molecule has 1 atom stereocenters. The Hall–Kier alpha value is -2.93. The standard InChI is InChI=1S/C22H27N5O2/c1-4-19-15(2)23-27(16(19)3)14-21(28)25-10-11-26-18(13-25)12-20(24-26)22(29)17-8-6-5-7-9-17/h5-9,12,22,29H,4,10-11,13-14H2,1-3H3/t22-/m0/s1. The molecule has 0 unspecified atom stereocenters. The van der Waals surface area contributed by atoms with Gasteiger partial charge in [0.15, 0.2) is 0 Å². The Labute approximate surface area is 170 Å². The van der Waals surface area contributed by atoms with Gasteiger partial charge in [0.25, 0.3) is 0 Å². The minimum absolute atomic E-state index is 0.0517. The number of rotatable bonds is 5. The molecule has 1 aliphatic heterocycles. The summed E-state index contributed by atoms with van der Waals surface area (Å²) in [7, 11) is 0. The molecule has 4 rings (SSSR count). The van der Waals surface area contributed by atoms with Crippen molar-refractivity contribution in [3.05, 3.63) is 70.3 Å². The highest BCUT2D eigenvalue weighted by Crippen LogP contribution is 2.24. The summed E-state index contributed by atoms with van der Waals surface area (Å²) in [6.45, 7) is 8.10. The van der Waals surface area contributed by atoms with Crippen LogP contribution in [0.5, 0.6) is 0 Å². The molecule has 0 radical (unpaired) electrons. The molecular formula is C22H27N5O2. The molecule has 1 aromatic carbocycles. The molecule has 1 amide bonds. The first-order valence-corrected chi connectivity index (χ1v) is 10.1. The Balaban J connectivity index is 1.47. The second-order valence-electron chi connectivity index (χ2n) is 7.57. The first kappa shape index (κ1) is 19.4. The number of amides is 1. The van der Waals surface area contributed by atoms with Gasteiger partial charge in [-0.3, -0.25) is 14.2 Å². The van der Waals surface area contributed by atoms with Gasteiger partial charge in [-0.15, -0.1) is 0 Å². The smallest absolute Gasteiger partial charge is 0.244 e. The minimum atomic E-state index is -0.763. The molecule has 3 aromatic rings. The second kappa shape index (κ2) is 7.83. The van der Waals surface area contributed by atoms with Crippen molar-refractivity contribution in [1.29, 1.82) is 0 Å². The van der Waals surface area contributed by atoms with Gasteiger partial charge >= 0.3 is 0 Å². The van der Waals surface area contributed by atoms with Gasteiger partial charge < -0.3 is 10.0 Å². The Bertz CT molecular complexity index is 1020. The largest absolute Gasteiger partial charge is 0.382 e. The fourth-order valence-corrected chi connectivity index (χ4v) is 4.07. The molecule has 0 saturated carbocycles. The summed E-state index contributed by atoms with van der Waals surface area (Å²) in [5.41, 5.74) is 5.65. The van der Waals surface area contributed by atoms with Crippen LogP contribution in [0.4, 0.5) is 0 Å². The molecule has 152 valence electrons. The number of hydrogen-bond donors (Lipinski definition) is 1. The van der Waals surface area contributed by atoms with Gasteiger partial charge in [-0.25, -0.2) is 0 Å². The fourth-order valence-electron chi connectivity index (χ4n) is 4.07. The third-order valence-electron chi connectivity index (χ3n) is 5.73. The number of carbonyl (C=O) groups excluding carboxylic acids is 1. The summed E-state index contributed by atoms with van der Waals surface area (Å²) in [6, 6.07) is 11.4. The molecule has 7 heteroatoms. The first-order chi connectivity index (χ1) is 14.0. The van der Waals surface area contributed by atoms with Crippen molar-refractivity contribution in [2.24, 2.45) is 0 Å². The number of hydrogen-bond acceptors (Lipinski definition) is 4. The van der Waals surface area contributed by atoms with E-state index < -0.39 is 6.10 Å². The van der Waals surface area contributed by atoms with Crippen LogP contribution in [0.2, 0.25) is 0 Å². The molecule has 0 bridgehead atoms. The SMILES string of the molecule is CCc1c(C)nn(CC(=O)N2CCn3nc([C@@H](O)c4ccccc4)cc3C2)c1C. The summed E-state index contributed by atoms with van der Waals surface area (Å²) in [6.07, 6.45) is 0.155. The molecule has 3 heterocycles. The van der Waals surface area contributed by atoms with Crippen LogP contribution in [0.1, 0.15) is 46.9 Å².